The van der Waals surface area contributed by atoms with E-state index in [1.54, 1.807) is 6.07 Å². The number of benzene rings is 1. The quantitative estimate of drug-likeness (QED) is 0.610. The largest absolute Gasteiger partial charge is 0.416 e. The van der Waals surface area contributed by atoms with E-state index < -0.39 is 11.7 Å². The van der Waals surface area contributed by atoms with E-state index in [2.05, 4.69) is 13.8 Å². The molecule has 0 bridgehead atoms. The van der Waals surface area contributed by atoms with Crippen LogP contribution in [0.15, 0.2) is 18.2 Å². The lowest BCUT2D eigenvalue weighted by Crippen LogP contribution is -2.05. The summed E-state index contributed by atoms with van der Waals surface area (Å²) in [6, 6.07) is 4.05. The Kier molecular flexibility index (Phi) is 4.39. The van der Waals surface area contributed by atoms with E-state index in [9.17, 15) is 13.2 Å². The fourth-order valence-electron chi connectivity index (χ4n) is 1.75. The van der Waals surface area contributed by atoms with Crippen LogP contribution >= 0.6 is 0 Å². The van der Waals surface area contributed by atoms with Gasteiger partial charge >= 0.3 is 6.18 Å². The molecule has 0 saturated carbocycles. The van der Waals surface area contributed by atoms with E-state index in [1.165, 1.54) is 18.6 Å². The second-order valence-electron chi connectivity index (χ2n) is 4.04. The van der Waals surface area contributed by atoms with Gasteiger partial charge in [-0.1, -0.05) is 26.3 Å². The average molecular weight is 230 g/mol. The first-order chi connectivity index (χ1) is 7.49. The van der Waals surface area contributed by atoms with Crippen molar-refractivity contribution in [3.63, 3.8) is 0 Å². The van der Waals surface area contributed by atoms with Gasteiger partial charge in [-0.25, -0.2) is 0 Å². The molecule has 0 radical (unpaired) electrons. The lowest BCUT2D eigenvalue weighted by atomic mass is 10.1. The van der Waals surface area contributed by atoms with Crippen LogP contribution < -0.4 is 0 Å². The van der Waals surface area contributed by atoms with Gasteiger partial charge < -0.3 is 0 Å². The molecule has 1 aliphatic carbocycles. The lowest BCUT2D eigenvalue weighted by Gasteiger charge is -2.08. The second-order valence-corrected chi connectivity index (χ2v) is 4.04. The Morgan fingerprint density at radius 3 is 2.19 bits per heavy atom. The molecule has 0 heterocycles. The molecule has 0 fully saturated rings. The van der Waals surface area contributed by atoms with Gasteiger partial charge in [0.2, 0.25) is 0 Å². The summed E-state index contributed by atoms with van der Waals surface area (Å²) in [7, 11) is 0. The van der Waals surface area contributed by atoms with Crippen LogP contribution in [0.2, 0.25) is 0 Å². The molecule has 0 nitrogen and oxygen atoms in total. The summed E-state index contributed by atoms with van der Waals surface area (Å²) in [5.74, 6) is 0. The van der Waals surface area contributed by atoms with Gasteiger partial charge in [-0.15, -0.1) is 0 Å². The molecule has 0 N–H and O–H groups in total. The van der Waals surface area contributed by atoms with Gasteiger partial charge in [-0.2, -0.15) is 13.2 Å². The fraction of sp³-hybridized carbons (Fsp3) is 0.538. The first-order valence-corrected chi connectivity index (χ1v) is 5.68. The van der Waals surface area contributed by atoms with Crippen LogP contribution in [0.4, 0.5) is 13.2 Å². The third kappa shape index (κ3) is 3.26. The molecule has 1 aliphatic rings. The molecular weight excluding hydrogens is 213 g/mol. The second kappa shape index (κ2) is 5.37. The van der Waals surface area contributed by atoms with Gasteiger partial charge in [0, 0.05) is 0 Å². The Morgan fingerprint density at radius 2 is 1.62 bits per heavy atom. The van der Waals surface area contributed by atoms with Crippen molar-refractivity contribution in [1.82, 2.24) is 0 Å². The highest BCUT2D eigenvalue weighted by Gasteiger charge is 2.31. The maximum Gasteiger partial charge on any atom is 0.416 e. The summed E-state index contributed by atoms with van der Waals surface area (Å²) in [5, 5.41) is 0. The maximum absolute atomic E-state index is 12.3. The fourth-order valence-corrected chi connectivity index (χ4v) is 1.75. The molecule has 1 aromatic rings. The molecule has 0 atom stereocenters. The SMILES string of the molecule is CCC.FC(F)(F)c1ccc2c(c1)CCC2. The Labute approximate surface area is 94.5 Å². The van der Waals surface area contributed by atoms with Crippen LogP contribution in [0.25, 0.3) is 0 Å². The highest BCUT2D eigenvalue weighted by molar-refractivity contribution is 5.36. The zero-order valence-electron chi connectivity index (χ0n) is 9.69. The van der Waals surface area contributed by atoms with Crippen LogP contribution in [0.5, 0.6) is 0 Å². The zero-order chi connectivity index (χ0) is 12.2. The van der Waals surface area contributed by atoms with E-state index in [0.29, 0.717) is 0 Å². The lowest BCUT2D eigenvalue weighted by molar-refractivity contribution is -0.137. The van der Waals surface area contributed by atoms with Crippen molar-refractivity contribution in [1.29, 1.82) is 0 Å². The van der Waals surface area contributed by atoms with E-state index in [-0.39, 0.29) is 0 Å². The minimum Gasteiger partial charge on any atom is -0.166 e. The molecule has 0 aliphatic heterocycles. The minimum atomic E-state index is -4.20. The molecule has 1 aromatic carbocycles. The number of hydrogen-bond acceptors (Lipinski definition) is 0. The van der Waals surface area contributed by atoms with Crippen molar-refractivity contribution < 1.29 is 13.2 Å². The van der Waals surface area contributed by atoms with Gasteiger partial charge in [-0.3, -0.25) is 0 Å². The van der Waals surface area contributed by atoms with Crippen LogP contribution in [-0.4, -0.2) is 0 Å². The topological polar surface area (TPSA) is 0 Å². The van der Waals surface area contributed by atoms with Crippen LogP contribution in [-0.2, 0) is 19.0 Å². The van der Waals surface area contributed by atoms with Crippen molar-refractivity contribution in [2.45, 2.75) is 45.7 Å². The van der Waals surface area contributed by atoms with E-state index in [4.69, 9.17) is 0 Å². The number of halogens is 3. The van der Waals surface area contributed by atoms with Crippen LogP contribution in [0, 0.1) is 0 Å². The molecule has 0 amide bonds. The van der Waals surface area contributed by atoms with Gasteiger partial charge in [-0.05, 0) is 42.5 Å². The summed E-state index contributed by atoms with van der Waals surface area (Å²) in [5.41, 5.74) is 1.43. The standard InChI is InChI=1S/C10H9F3.C3H8/c11-10(12,13)9-5-4-7-2-1-3-8(7)6-9;1-3-2/h4-6H,1-3H2;3H2,1-2H3. The highest BCUT2D eigenvalue weighted by atomic mass is 19.4. The van der Waals surface area contributed by atoms with Crippen LogP contribution in [0.1, 0.15) is 43.4 Å². The Bertz CT molecular complexity index is 340. The van der Waals surface area contributed by atoms with E-state index >= 15 is 0 Å². The Morgan fingerprint density at radius 1 is 1.06 bits per heavy atom. The molecular formula is C13H17F3. The first kappa shape index (κ1) is 13.1. The Balaban J connectivity index is 0.000000386. The number of alkyl halides is 3. The normalized spacial score (nSPS) is 14.1. The first-order valence-electron chi connectivity index (χ1n) is 5.68. The monoisotopic (exact) mass is 230 g/mol. The van der Waals surface area contributed by atoms with E-state index in [1.807, 2.05) is 0 Å². The van der Waals surface area contributed by atoms with Crippen molar-refractivity contribution in [3.05, 3.63) is 34.9 Å². The Hall–Kier alpha value is -0.990. The molecule has 2 rings (SSSR count). The minimum absolute atomic E-state index is 0.520. The van der Waals surface area contributed by atoms with E-state index in [0.717, 1.165) is 30.4 Å². The highest BCUT2D eigenvalue weighted by Crippen LogP contribution is 2.32. The zero-order valence-corrected chi connectivity index (χ0v) is 9.69. The van der Waals surface area contributed by atoms with Gasteiger partial charge in [0.25, 0.3) is 0 Å². The van der Waals surface area contributed by atoms with Gasteiger partial charge in [0.15, 0.2) is 0 Å². The van der Waals surface area contributed by atoms with Crippen molar-refractivity contribution >= 4 is 0 Å². The van der Waals surface area contributed by atoms with Crippen LogP contribution in [0.3, 0.4) is 0 Å². The predicted molar refractivity (Wildman–Crippen MR) is 59.4 cm³/mol. The van der Waals surface area contributed by atoms with Crippen molar-refractivity contribution in [3.8, 4) is 0 Å². The average Bonchev–Trinajstić information content (AvgIpc) is 2.63. The van der Waals surface area contributed by atoms with Crippen molar-refractivity contribution in [2.75, 3.05) is 0 Å². The maximum atomic E-state index is 12.3. The molecule has 0 saturated heterocycles. The predicted octanol–water partition coefficient (Wildman–Crippen LogP) is 4.61. The summed E-state index contributed by atoms with van der Waals surface area (Å²) >= 11 is 0. The number of hydrogen-bond donors (Lipinski definition) is 0. The summed E-state index contributed by atoms with van der Waals surface area (Å²) in [4.78, 5) is 0. The summed E-state index contributed by atoms with van der Waals surface area (Å²) in [6.07, 6.45) is -0.249. The van der Waals surface area contributed by atoms with Gasteiger partial charge in [0.05, 0.1) is 5.56 Å². The number of fused-ring (bicyclic) bond motifs is 1. The molecule has 16 heavy (non-hydrogen) atoms. The molecule has 0 aromatic heterocycles. The molecule has 0 unspecified atom stereocenters. The third-order valence-corrected chi connectivity index (χ3v) is 2.43. The molecule has 90 valence electrons. The number of rotatable bonds is 0. The van der Waals surface area contributed by atoms with Gasteiger partial charge in [0.1, 0.15) is 0 Å². The summed E-state index contributed by atoms with van der Waals surface area (Å²) < 4.78 is 36.8. The molecule has 0 spiro atoms. The number of aryl methyl sites for hydroxylation is 2. The molecule has 3 heteroatoms. The van der Waals surface area contributed by atoms with Crippen molar-refractivity contribution in [2.24, 2.45) is 0 Å². The third-order valence-electron chi connectivity index (χ3n) is 2.43. The summed E-state index contributed by atoms with van der Waals surface area (Å²) in [6.45, 7) is 4.25. The smallest absolute Gasteiger partial charge is 0.166 e.